The van der Waals surface area contributed by atoms with Gasteiger partial charge in [-0.1, -0.05) is 0 Å². The fourth-order valence-electron chi connectivity index (χ4n) is 2.47. The summed E-state index contributed by atoms with van der Waals surface area (Å²) in [7, 11) is -1.70. The molecule has 20 heavy (non-hydrogen) atoms. The highest BCUT2D eigenvalue weighted by Crippen LogP contribution is 2.28. The lowest BCUT2D eigenvalue weighted by Gasteiger charge is -2.31. The van der Waals surface area contributed by atoms with Crippen LogP contribution >= 0.6 is 22.9 Å². The summed E-state index contributed by atoms with van der Waals surface area (Å²) in [5.41, 5.74) is 0. The van der Waals surface area contributed by atoms with Gasteiger partial charge in [-0.15, -0.1) is 22.9 Å². The normalized spacial score (nSPS) is 21.2. The van der Waals surface area contributed by atoms with Crippen molar-refractivity contribution in [3.8, 4) is 0 Å². The van der Waals surface area contributed by atoms with Gasteiger partial charge in [-0.25, -0.2) is 8.42 Å². The van der Waals surface area contributed by atoms with Crippen LogP contribution in [0.3, 0.4) is 0 Å². The van der Waals surface area contributed by atoms with E-state index in [1.807, 2.05) is 6.07 Å². The van der Waals surface area contributed by atoms with Gasteiger partial charge in [0, 0.05) is 31.0 Å². The molecule has 0 radical (unpaired) electrons. The van der Waals surface area contributed by atoms with Crippen LogP contribution in [0.2, 0.25) is 0 Å². The molecule has 2 heterocycles. The molecule has 0 aromatic carbocycles. The standard InChI is InChI=1S/C13H20ClNO3S2/c1-18-10-11-3-2-8-15(9-11)20(16,17)13-5-4-12(19-13)6-7-14/h4-5,11H,2-3,6-10H2,1H3. The Bertz CT molecular complexity index is 527. The van der Waals surface area contributed by atoms with Gasteiger partial charge >= 0.3 is 0 Å². The Kier molecular flexibility index (Phi) is 5.86. The van der Waals surface area contributed by atoms with E-state index < -0.39 is 10.0 Å². The molecule has 1 atom stereocenters. The smallest absolute Gasteiger partial charge is 0.252 e. The van der Waals surface area contributed by atoms with E-state index in [0.29, 0.717) is 42.1 Å². The van der Waals surface area contributed by atoms with Crippen molar-refractivity contribution in [2.75, 3.05) is 32.7 Å². The van der Waals surface area contributed by atoms with Crippen LogP contribution in [-0.2, 0) is 21.2 Å². The van der Waals surface area contributed by atoms with Gasteiger partial charge in [-0.3, -0.25) is 0 Å². The zero-order chi connectivity index (χ0) is 14.6. The zero-order valence-electron chi connectivity index (χ0n) is 11.5. The molecule has 0 aliphatic carbocycles. The van der Waals surface area contributed by atoms with Gasteiger partial charge in [-0.2, -0.15) is 4.31 Å². The van der Waals surface area contributed by atoms with Crippen molar-refractivity contribution in [1.29, 1.82) is 0 Å². The summed E-state index contributed by atoms with van der Waals surface area (Å²) >= 11 is 7.02. The number of hydrogen-bond donors (Lipinski definition) is 0. The zero-order valence-corrected chi connectivity index (χ0v) is 13.9. The van der Waals surface area contributed by atoms with Crippen LogP contribution in [0.1, 0.15) is 17.7 Å². The fraction of sp³-hybridized carbons (Fsp3) is 0.692. The molecule has 0 N–H and O–H groups in total. The van der Waals surface area contributed by atoms with E-state index in [9.17, 15) is 8.42 Å². The SMILES string of the molecule is COCC1CCCN(S(=O)(=O)c2ccc(CCCl)s2)C1. The van der Waals surface area contributed by atoms with Crippen LogP contribution < -0.4 is 0 Å². The molecule has 1 saturated heterocycles. The molecule has 0 saturated carbocycles. The number of halogens is 1. The Morgan fingerprint density at radius 2 is 2.30 bits per heavy atom. The maximum atomic E-state index is 12.6. The molecule has 0 amide bonds. The first-order chi connectivity index (χ1) is 9.57. The first-order valence-corrected chi connectivity index (χ1v) is 9.50. The van der Waals surface area contributed by atoms with Crippen LogP contribution in [0.15, 0.2) is 16.3 Å². The number of aryl methyl sites for hydroxylation is 1. The van der Waals surface area contributed by atoms with Crippen LogP contribution in [0.25, 0.3) is 0 Å². The number of sulfonamides is 1. The first kappa shape index (κ1) is 16.2. The Hall–Kier alpha value is -0.140. The average Bonchev–Trinajstić information content (AvgIpc) is 2.89. The molecule has 1 aromatic heterocycles. The lowest BCUT2D eigenvalue weighted by molar-refractivity contribution is 0.118. The molecule has 2 rings (SSSR count). The van der Waals surface area contributed by atoms with E-state index in [4.69, 9.17) is 16.3 Å². The predicted octanol–water partition coefficient (Wildman–Crippen LogP) is 2.58. The van der Waals surface area contributed by atoms with Crippen LogP contribution in [0.4, 0.5) is 0 Å². The molecule has 7 heteroatoms. The third-order valence-electron chi connectivity index (χ3n) is 3.46. The van der Waals surface area contributed by atoms with E-state index in [0.717, 1.165) is 17.7 Å². The van der Waals surface area contributed by atoms with Gasteiger partial charge in [0.05, 0.1) is 6.61 Å². The van der Waals surface area contributed by atoms with Crippen molar-refractivity contribution in [2.24, 2.45) is 5.92 Å². The van der Waals surface area contributed by atoms with Gasteiger partial charge in [0.2, 0.25) is 0 Å². The lowest BCUT2D eigenvalue weighted by atomic mass is 10.0. The van der Waals surface area contributed by atoms with E-state index in [2.05, 4.69) is 0 Å². The molecular formula is C13H20ClNO3S2. The molecule has 1 aliphatic rings. The van der Waals surface area contributed by atoms with Crippen LogP contribution in [-0.4, -0.2) is 45.4 Å². The van der Waals surface area contributed by atoms with Gasteiger partial charge in [-0.05, 0) is 37.3 Å². The average molecular weight is 338 g/mol. The van der Waals surface area contributed by atoms with Crippen molar-refractivity contribution >= 4 is 33.0 Å². The van der Waals surface area contributed by atoms with Crippen molar-refractivity contribution in [2.45, 2.75) is 23.5 Å². The highest BCUT2D eigenvalue weighted by atomic mass is 35.5. The summed E-state index contributed by atoms with van der Waals surface area (Å²) in [5.74, 6) is 0.811. The number of rotatable bonds is 6. The summed E-state index contributed by atoms with van der Waals surface area (Å²) in [5, 5.41) is 0. The Labute approximate surface area is 129 Å². The highest BCUT2D eigenvalue weighted by molar-refractivity contribution is 7.91. The predicted molar refractivity (Wildman–Crippen MR) is 82.1 cm³/mol. The molecule has 0 spiro atoms. The van der Waals surface area contributed by atoms with Gasteiger partial charge in [0.1, 0.15) is 4.21 Å². The lowest BCUT2D eigenvalue weighted by Crippen LogP contribution is -2.40. The second-order valence-corrected chi connectivity index (χ2v) is 8.70. The Morgan fingerprint density at radius 1 is 1.50 bits per heavy atom. The van der Waals surface area contributed by atoms with Crippen LogP contribution in [0.5, 0.6) is 0 Å². The molecular weight excluding hydrogens is 318 g/mol. The maximum Gasteiger partial charge on any atom is 0.252 e. The monoisotopic (exact) mass is 337 g/mol. The summed E-state index contributed by atoms with van der Waals surface area (Å²) < 4.78 is 32.4. The van der Waals surface area contributed by atoms with Gasteiger partial charge in [0.15, 0.2) is 0 Å². The molecule has 4 nitrogen and oxygen atoms in total. The first-order valence-electron chi connectivity index (χ1n) is 6.71. The van der Waals surface area contributed by atoms with E-state index in [1.165, 1.54) is 11.3 Å². The minimum atomic E-state index is -3.36. The number of thiophene rings is 1. The second kappa shape index (κ2) is 7.22. The Balaban J connectivity index is 2.12. The summed E-state index contributed by atoms with van der Waals surface area (Å²) in [6.07, 6.45) is 2.64. The van der Waals surface area contributed by atoms with E-state index in [1.54, 1.807) is 17.5 Å². The fourth-order valence-corrected chi connectivity index (χ4v) is 5.85. The Morgan fingerprint density at radius 3 is 3.00 bits per heavy atom. The maximum absolute atomic E-state index is 12.6. The highest BCUT2D eigenvalue weighted by Gasteiger charge is 2.31. The number of alkyl halides is 1. The number of ether oxygens (including phenoxy) is 1. The summed E-state index contributed by atoms with van der Waals surface area (Å²) in [4.78, 5) is 1.02. The number of methoxy groups -OCH3 is 1. The molecule has 1 fully saturated rings. The van der Waals surface area contributed by atoms with Crippen molar-refractivity contribution in [1.82, 2.24) is 4.31 Å². The minimum Gasteiger partial charge on any atom is -0.384 e. The second-order valence-electron chi connectivity index (χ2n) is 4.99. The molecule has 1 aliphatic heterocycles. The van der Waals surface area contributed by atoms with Crippen LogP contribution in [0, 0.1) is 5.92 Å². The van der Waals surface area contributed by atoms with E-state index >= 15 is 0 Å². The summed E-state index contributed by atoms with van der Waals surface area (Å²) in [6, 6.07) is 3.55. The number of nitrogens with zero attached hydrogens (tertiary/aromatic N) is 1. The number of piperidine rings is 1. The topological polar surface area (TPSA) is 46.6 Å². The third kappa shape index (κ3) is 3.74. The van der Waals surface area contributed by atoms with Crippen molar-refractivity contribution in [3.63, 3.8) is 0 Å². The summed E-state index contributed by atoms with van der Waals surface area (Å²) in [6.45, 7) is 1.78. The van der Waals surface area contributed by atoms with Crippen molar-refractivity contribution < 1.29 is 13.2 Å². The number of hydrogen-bond acceptors (Lipinski definition) is 4. The molecule has 1 unspecified atom stereocenters. The van der Waals surface area contributed by atoms with Gasteiger partial charge < -0.3 is 4.74 Å². The van der Waals surface area contributed by atoms with E-state index in [-0.39, 0.29) is 0 Å². The largest absolute Gasteiger partial charge is 0.384 e. The minimum absolute atomic E-state index is 0.297. The third-order valence-corrected chi connectivity index (χ3v) is 7.12. The molecule has 114 valence electrons. The van der Waals surface area contributed by atoms with Crippen molar-refractivity contribution in [3.05, 3.63) is 17.0 Å². The van der Waals surface area contributed by atoms with Gasteiger partial charge in [0.25, 0.3) is 10.0 Å². The molecule has 0 bridgehead atoms. The molecule has 1 aromatic rings. The quantitative estimate of drug-likeness (QED) is 0.749.